The minimum atomic E-state index is -0.441. The van der Waals surface area contributed by atoms with E-state index in [1.165, 1.54) is 0 Å². The Bertz CT molecular complexity index is 591. The van der Waals surface area contributed by atoms with Crippen LogP contribution >= 0.6 is 11.6 Å². The molecule has 0 bridgehead atoms. The average molecular weight is 368 g/mol. The summed E-state index contributed by atoms with van der Waals surface area (Å²) in [7, 11) is 1.81. The predicted octanol–water partition coefficient (Wildman–Crippen LogP) is 2.81. The molecule has 1 unspecified atom stereocenters. The van der Waals surface area contributed by atoms with Gasteiger partial charge in [-0.2, -0.15) is 0 Å². The van der Waals surface area contributed by atoms with E-state index in [-0.39, 0.29) is 11.9 Å². The van der Waals surface area contributed by atoms with Crippen LogP contribution in [-0.4, -0.2) is 49.1 Å². The van der Waals surface area contributed by atoms with E-state index in [9.17, 15) is 9.59 Å². The number of ether oxygens (including phenoxy) is 1. The minimum Gasteiger partial charge on any atom is -0.491 e. The maximum atomic E-state index is 12.2. The molecular formula is C18H26ClN3O3. The third kappa shape index (κ3) is 6.21. The number of urea groups is 1. The fourth-order valence-corrected chi connectivity index (χ4v) is 2.95. The predicted molar refractivity (Wildman–Crippen MR) is 98.0 cm³/mol. The molecule has 2 rings (SSSR count). The molecule has 7 heteroatoms. The normalized spacial score (nSPS) is 15.8. The zero-order valence-corrected chi connectivity index (χ0v) is 15.5. The lowest BCUT2D eigenvalue weighted by Crippen LogP contribution is -2.50. The van der Waals surface area contributed by atoms with Crippen molar-refractivity contribution in [3.05, 3.63) is 29.3 Å². The van der Waals surface area contributed by atoms with E-state index in [1.54, 1.807) is 19.1 Å². The minimum absolute atomic E-state index is 0.185. The van der Waals surface area contributed by atoms with Gasteiger partial charge in [0.05, 0.1) is 11.1 Å². The van der Waals surface area contributed by atoms with Gasteiger partial charge in [0.2, 0.25) is 5.91 Å². The van der Waals surface area contributed by atoms with Crippen LogP contribution in [-0.2, 0) is 4.79 Å². The van der Waals surface area contributed by atoms with E-state index < -0.39 is 12.1 Å². The monoisotopic (exact) mass is 367 g/mol. The smallest absolute Gasteiger partial charge is 0.321 e. The zero-order chi connectivity index (χ0) is 18.2. The first-order valence-electron chi connectivity index (χ1n) is 8.66. The molecule has 0 aromatic heterocycles. The number of halogens is 1. The molecule has 25 heavy (non-hydrogen) atoms. The highest BCUT2D eigenvalue weighted by atomic mass is 35.5. The van der Waals surface area contributed by atoms with Crippen molar-refractivity contribution in [1.29, 1.82) is 0 Å². The molecule has 1 aliphatic carbocycles. The lowest BCUT2D eigenvalue weighted by Gasteiger charge is -2.24. The number of hydrogen-bond acceptors (Lipinski definition) is 4. The summed E-state index contributed by atoms with van der Waals surface area (Å²) in [6, 6.07) is 6.58. The summed E-state index contributed by atoms with van der Waals surface area (Å²) in [4.78, 5) is 25.9. The molecule has 0 radical (unpaired) electrons. The van der Waals surface area contributed by atoms with Crippen molar-refractivity contribution in [3.8, 4) is 5.75 Å². The number of carbonyl (C=O) groups excluding carboxylic acids is 2. The first-order valence-corrected chi connectivity index (χ1v) is 9.04. The van der Waals surface area contributed by atoms with Crippen LogP contribution in [0.3, 0.4) is 0 Å². The molecule has 1 atom stereocenters. The SMILES string of the molecule is CC(C(=O)NC(=O)NC1CCCC1)N(C)CCOc1ccccc1Cl. The van der Waals surface area contributed by atoms with E-state index >= 15 is 0 Å². The second kappa shape index (κ2) is 9.63. The van der Waals surface area contributed by atoms with Crippen molar-refractivity contribution in [2.24, 2.45) is 0 Å². The Morgan fingerprint density at radius 3 is 2.68 bits per heavy atom. The molecule has 3 amide bonds. The summed E-state index contributed by atoms with van der Waals surface area (Å²) >= 11 is 6.03. The number of benzene rings is 1. The van der Waals surface area contributed by atoms with Gasteiger partial charge in [0.1, 0.15) is 12.4 Å². The highest BCUT2D eigenvalue weighted by molar-refractivity contribution is 6.32. The maximum absolute atomic E-state index is 12.2. The Morgan fingerprint density at radius 2 is 2.00 bits per heavy atom. The van der Waals surface area contributed by atoms with E-state index in [0.717, 1.165) is 25.7 Å². The second-order valence-electron chi connectivity index (χ2n) is 6.38. The molecule has 2 N–H and O–H groups in total. The van der Waals surface area contributed by atoms with Crippen LogP contribution in [0.5, 0.6) is 5.75 Å². The molecule has 0 spiro atoms. The van der Waals surface area contributed by atoms with Crippen LogP contribution in [0.15, 0.2) is 24.3 Å². The summed E-state index contributed by atoms with van der Waals surface area (Å²) < 4.78 is 5.62. The lowest BCUT2D eigenvalue weighted by molar-refractivity contribution is -0.124. The van der Waals surface area contributed by atoms with E-state index in [1.807, 2.05) is 24.1 Å². The first-order chi connectivity index (χ1) is 12.0. The number of amides is 3. The standard InChI is InChI=1S/C18H26ClN3O3/c1-13(17(23)21-18(24)20-14-7-3-4-8-14)22(2)11-12-25-16-10-6-5-9-15(16)19/h5-6,9-10,13-14H,3-4,7-8,11-12H2,1-2H3,(H2,20,21,23,24). The van der Waals surface area contributed by atoms with Crippen molar-refractivity contribution in [3.63, 3.8) is 0 Å². The number of para-hydroxylation sites is 1. The van der Waals surface area contributed by atoms with Gasteiger partial charge in [-0.1, -0.05) is 36.6 Å². The first kappa shape index (κ1) is 19.5. The Balaban J connectivity index is 1.70. The fraction of sp³-hybridized carbons (Fsp3) is 0.556. The van der Waals surface area contributed by atoms with Gasteiger partial charge in [-0.05, 0) is 38.9 Å². The quantitative estimate of drug-likeness (QED) is 0.777. The van der Waals surface area contributed by atoms with Crippen LogP contribution in [0, 0.1) is 0 Å². The lowest BCUT2D eigenvalue weighted by atomic mass is 10.2. The second-order valence-corrected chi connectivity index (χ2v) is 6.79. The van der Waals surface area contributed by atoms with Gasteiger partial charge in [0.15, 0.2) is 0 Å². The highest BCUT2D eigenvalue weighted by Crippen LogP contribution is 2.22. The number of nitrogens with zero attached hydrogens (tertiary/aromatic N) is 1. The van der Waals surface area contributed by atoms with Gasteiger partial charge in [-0.15, -0.1) is 0 Å². The number of rotatable bonds is 7. The Labute approximate surface area is 153 Å². The Kier molecular flexibility index (Phi) is 7.52. The summed E-state index contributed by atoms with van der Waals surface area (Å²) in [5.41, 5.74) is 0. The number of hydrogen-bond donors (Lipinski definition) is 2. The van der Waals surface area contributed by atoms with Crippen molar-refractivity contribution >= 4 is 23.5 Å². The largest absolute Gasteiger partial charge is 0.491 e. The molecule has 0 heterocycles. The molecular weight excluding hydrogens is 342 g/mol. The van der Waals surface area contributed by atoms with E-state index in [2.05, 4.69) is 10.6 Å². The molecule has 1 aromatic carbocycles. The number of imide groups is 1. The van der Waals surface area contributed by atoms with Gasteiger partial charge in [0.25, 0.3) is 0 Å². The summed E-state index contributed by atoms with van der Waals surface area (Å²) in [6.45, 7) is 2.68. The molecule has 138 valence electrons. The maximum Gasteiger partial charge on any atom is 0.321 e. The zero-order valence-electron chi connectivity index (χ0n) is 14.8. The molecule has 6 nitrogen and oxygen atoms in total. The van der Waals surface area contributed by atoms with Crippen LogP contribution in [0.1, 0.15) is 32.6 Å². The Morgan fingerprint density at radius 1 is 1.32 bits per heavy atom. The van der Waals surface area contributed by atoms with Crippen molar-refractivity contribution in [2.75, 3.05) is 20.2 Å². The molecule has 1 saturated carbocycles. The van der Waals surface area contributed by atoms with Crippen LogP contribution < -0.4 is 15.4 Å². The van der Waals surface area contributed by atoms with Crippen LogP contribution in [0.4, 0.5) is 4.79 Å². The van der Waals surface area contributed by atoms with Gasteiger partial charge in [0, 0.05) is 12.6 Å². The van der Waals surface area contributed by atoms with Crippen molar-refractivity contribution < 1.29 is 14.3 Å². The topological polar surface area (TPSA) is 70.7 Å². The molecule has 1 aromatic rings. The van der Waals surface area contributed by atoms with Gasteiger partial charge >= 0.3 is 6.03 Å². The van der Waals surface area contributed by atoms with Crippen molar-refractivity contribution in [1.82, 2.24) is 15.5 Å². The number of likely N-dealkylation sites (N-methyl/N-ethyl adjacent to an activating group) is 1. The van der Waals surface area contributed by atoms with Crippen LogP contribution in [0.25, 0.3) is 0 Å². The van der Waals surface area contributed by atoms with Gasteiger partial charge in [-0.25, -0.2) is 4.79 Å². The molecule has 1 fully saturated rings. The Hall–Kier alpha value is -1.79. The van der Waals surface area contributed by atoms with Crippen LogP contribution in [0.2, 0.25) is 5.02 Å². The van der Waals surface area contributed by atoms with Crippen molar-refractivity contribution in [2.45, 2.75) is 44.7 Å². The summed E-state index contributed by atoms with van der Waals surface area (Å²) in [5.74, 6) is 0.293. The number of carbonyl (C=O) groups is 2. The van der Waals surface area contributed by atoms with E-state index in [4.69, 9.17) is 16.3 Å². The average Bonchev–Trinajstić information content (AvgIpc) is 3.08. The highest BCUT2D eigenvalue weighted by Gasteiger charge is 2.22. The molecule has 0 saturated heterocycles. The number of nitrogens with one attached hydrogen (secondary N) is 2. The fourth-order valence-electron chi connectivity index (χ4n) is 2.76. The van der Waals surface area contributed by atoms with E-state index in [0.29, 0.717) is 23.9 Å². The van der Waals surface area contributed by atoms with Gasteiger partial charge in [-0.3, -0.25) is 15.0 Å². The summed E-state index contributed by atoms with van der Waals surface area (Å²) in [6.07, 6.45) is 4.22. The third-order valence-corrected chi connectivity index (χ3v) is 4.82. The molecule has 0 aliphatic heterocycles. The van der Waals surface area contributed by atoms with Gasteiger partial charge < -0.3 is 10.1 Å². The third-order valence-electron chi connectivity index (χ3n) is 4.51. The summed E-state index contributed by atoms with van der Waals surface area (Å²) in [5, 5.41) is 5.81. The molecule has 1 aliphatic rings.